The van der Waals surface area contributed by atoms with Gasteiger partial charge in [0.2, 0.25) is 7.85 Å². The Kier molecular flexibility index (Phi) is 8.63. The van der Waals surface area contributed by atoms with Gasteiger partial charge in [-0.05, 0) is 43.6 Å². The van der Waals surface area contributed by atoms with Gasteiger partial charge in [-0.25, -0.2) is 4.79 Å². The van der Waals surface area contributed by atoms with Crippen LogP contribution in [0.4, 0.5) is 4.79 Å². The van der Waals surface area contributed by atoms with Crippen molar-refractivity contribution >= 4 is 43.1 Å². The molecule has 0 bridgehead atoms. The first-order valence-corrected chi connectivity index (χ1v) is 9.53. The Hall–Kier alpha value is -0.295. The Morgan fingerprint density at radius 2 is 1.95 bits per heavy atom. The highest BCUT2D eigenvalue weighted by molar-refractivity contribution is 8.17. The molecular weight excluding hydrogens is 305 g/mol. The molecule has 1 heterocycles. The fraction of sp³-hybridized carbons (Fsp3) is 0.857. The van der Waals surface area contributed by atoms with Crippen molar-refractivity contribution in [2.24, 2.45) is 5.92 Å². The maximum atomic E-state index is 12.0. The molecule has 1 fully saturated rings. The topological polar surface area (TPSA) is 55.4 Å². The van der Waals surface area contributed by atoms with Crippen LogP contribution in [0.25, 0.3) is 0 Å². The second-order valence-electron chi connectivity index (χ2n) is 5.39. The largest absolute Gasteiger partial charge is 0.461 e. The summed E-state index contributed by atoms with van der Waals surface area (Å²) >= 11 is 4.00. The minimum atomic E-state index is -0.699. The van der Waals surface area contributed by atoms with Gasteiger partial charge < -0.3 is 10.1 Å². The van der Waals surface area contributed by atoms with Crippen LogP contribution in [0.5, 0.6) is 0 Å². The van der Waals surface area contributed by atoms with E-state index in [0.717, 1.165) is 6.42 Å². The van der Waals surface area contributed by atoms with Gasteiger partial charge in [0.15, 0.2) is 5.81 Å². The maximum absolute atomic E-state index is 12.0. The van der Waals surface area contributed by atoms with E-state index in [1.807, 2.05) is 37.4 Å². The van der Waals surface area contributed by atoms with Crippen LogP contribution in [0.15, 0.2) is 0 Å². The Morgan fingerprint density at radius 3 is 2.48 bits per heavy atom. The van der Waals surface area contributed by atoms with E-state index in [0.29, 0.717) is 16.9 Å². The van der Waals surface area contributed by atoms with Crippen molar-refractivity contribution in [1.82, 2.24) is 5.32 Å². The van der Waals surface area contributed by atoms with Gasteiger partial charge in [0.25, 0.3) is 0 Å². The van der Waals surface area contributed by atoms with Crippen LogP contribution in [0, 0.1) is 5.92 Å². The highest BCUT2D eigenvalue weighted by Crippen LogP contribution is 2.37. The first kappa shape index (κ1) is 18.8. The number of carbonyl (C=O) groups excluding carboxylic acids is 2. The third-order valence-electron chi connectivity index (χ3n) is 3.35. The quantitative estimate of drug-likeness (QED) is 0.575. The van der Waals surface area contributed by atoms with E-state index < -0.39 is 17.8 Å². The highest BCUT2D eigenvalue weighted by Gasteiger charge is 2.26. The SMILES string of the molecule is [B]C(=O)N[C@@H](CC)C(=O)O[C@@H](C)C[C@@H](C)C1SCCCS1. The number of hydrogen-bond donors (Lipinski definition) is 1. The van der Waals surface area contributed by atoms with Crippen molar-refractivity contribution in [2.75, 3.05) is 11.5 Å². The van der Waals surface area contributed by atoms with Crippen LogP contribution in [0.3, 0.4) is 0 Å². The standard InChI is InChI=1S/C14H24BNO3S2/c1-4-11(16-14(15)18)12(17)19-10(3)8-9(2)13-20-6-5-7-21-13/h9-11,13H,4-8H2,1-3H3,(H,16,18)/t9-,10+,11+/m1/s1. The fourth-order valence-corrected chi connectivity index (χ4v) is 5.41. The monoisotopic (exact) mass is 329 g/mol. The zero-order chi connectivity index (χ0) is 15.8. The average Bonchev–Trinajstić information content (AvgIpc) is 2.45. The van der Waals surface area contributed by atoms with Crippen LogP contribution in [0.2, 0.25) is 0 Å². The molecule has 0 aromatic carbocycles. The van der Waals surface area contributed by atoms with Crippen molar-refractivity contribution in [3.63, 3.8) is 0 Å². The van der Waals surface area contributed by atoms with Crippen molar-refractivity contribution in [3.05, 3.63) is 0 Å². The summed E-state index contributed by atoms with van der Waals surface area (Å²) in [7, 11) is 5.05. The first-order chi connectivity index (χ1) is 9.93. The summed E-state index contributed by atoms with van der Waals surface area (Å²) in [5.41, 5.74) is 0. The highest BCUT2D eigenvalue weighted by atomic mass is 32.2. The molecule has 0 aromatic rings. The minimum Gasteiger partial charge on any atom is -0.461 e. The van der Waals surface area contributed by atoms with E-state index in [1.54, 1.807) is 0 Å². The molecule has 118 valence electrons. The Bertz CT molecular complexity index is 351. The molecule has 4 nitrogen and oxygen atoms in total. The second kappa shape index (κ2) is 9.67. The number of ether oxygens (including phenoxy) is 1. The molecule has 21 heavy (non-hydrogen) atoms. The summed E-state index contributed by atoms with van der Waals surface area (Å²) in [6.07, 6.45) is 2.43. The number of nitrogens with one attached hydrogen (secondary N) is 1. The number of amides is 1. The molecule has 1 amide bonds. The maximum Gasteiger partial charge on any atom is 0.328 e. The molecule has 1 saturated heterocycles. The lowest BCUT2D eigenvalue weighted by Gasteiger charge is -2.28. The van der Waals surface area contributed by atoms with Gasteiger partial charge in [0.05, 0.1) is 10.7 Å². The molecule has 1 aliphatic heterocycles. The van der Waals surface area contributed by atoms with Gasteiger partial charge in [-0.15, -0.1) is 23.5 Å². The van der Waals surface area contributed by atoms with Gasteiger partial charge in [0.1, 0.15) is 6.04 Å². The third-order valence-corrected chi connectivity index (χ3v) is 6.80. The lowest BCUT2D eigenvalue weighted by atomic mass is 10.1. The molecule has 1 rings (SSSR count). The summed E-state index contributed by atoms with van der Waals surface area (Å²) in [4.78, 5) is 22.8. The molecular formula is C14H24BNO3S2. The van der Waals surface area contributed by atoms with Gasteiger partial charge in [0, 0.05) is 0 Å². The van der Waals surface area contributed by atoms with Crippen molar-refractivity contribution in [2.45, 2.75) is 56.8 Å². The summed E-state index contributed by atoms with van der Waals surface area (Å²) in [6.45, 7) is 5.92. The molecule has 0 aromatic heterocycles. The van der Waals surface area contributed by atoms with E-state index in [9.17, 15) is 9.59 Å². The van der Waals surface area contributed by atoms with Crippen LogP contribution in [-0.2, 0) is 9.53 Å². The molecule has 3 atom stereocenters. The van der Waals surface area contributed by atoms with Gasteiger partial charge in [-0.2, -0.15) is 0 Å². The smallest absolute Gasteiger partial charge is 0.328 e. The number of carbonyl (C=O) groups is 2. The Balaban J connectivity index is 2.38. The summed E-state index contributed by atoms with van der Waals surface area (Å²) in [6, 6.07) is -0.654. The van der Waals surface area contributed by atoms with Crippen LogP contribution in [-0.4, -0.2) is 47.9 Å². The van der Waals surface area contributed by atoms with Crippen molar-refractivity contribution in [1.29, 1.82) is 0 Å². The van der Waals surface area contributed by atoms with Crippen molar-refractivity contribution in [3.8, 4) is 0 Å². The third kappa shape index (κ3) is 7.00. The molecule has 2 radical (unpaired) electrons. The van der Waals surface area contributed by atoms with E-state index in [4.69, 9.17) is 12.6 Å². The Labute approximate surface area is 137 Å². The molecule has 1 N–H and O–H groups in total. The lowest BCUT2D eigenvalue weighted by Crippen LogP contribution is -2.42. The van der Waals surface area contributed by atoms with E-state index in [1.165, 1.54) is 17.9 Å². The second-order valence-corrected chi connectivity index (χ2v) is 8.19. The van der Waals surface area contributed by atoms with Gasteiger partial charge in [-0.1, -0.05) is 13.8 Å². The molecule has 0 saturated carbocycles. The van der Waals surface area contributed by atoms with Gasteiger partial charge in [-0.3, -0.25) is 4.79 Å². The predicted octanol–water partition coefficient (Wildman–Crippen LogP) is 2.80. The normalized spacial score (nSPS) is 20.3. The summed E-state index contributed by atoms with van der Waals surface area (Å²) < 4.78 is 6.03. The number of rotatable bonds is 7. The van der Waals surface area contributed by atoms with Crippen molar-refractivity contribution < 1.29 is 14.3 Å². The van der Waals surface area contributed by atoms with Crippen LogP contribution in [0.1, 0.15) is 40.0 Å². The van der Waals surface area contributed by atoms with Crippen LogP contribution < -0.4 is 5.32 Å². The molecule has 1 aliphatic rings. The number of hydrogen-bond acceptors (Lipinski definition) is 5. The predicted molar refractivity (Wildman–Crippen MR) is 91.0 cm³/mol. The lowest BCUT2D eigenvalue weighted by molar-refractivity contribution is -0.151. The van der Waals surface area contributed by atoms with E-state index in [2.05, 4.69) is 12.2 Å². The zero-order valence-corrected chi connectivity index (χ0v) is 14.6. The van der Waals surface area contributed by atoms with Crippen LogP contribution >= 0.6 is 23.5 Å². The minimum absolute atomic E-state index is 0.153. The average molecular weight is 329 g/mol. The first-order valence-electron chi connectivity index (χ1n) is 7.43. The molecule has 0 aliphatic carbocycles. The van der Waals surface area contributed by atoms with E-state index >= 15 is 0 Å². The van der Waals surface area contributed by atoms with E-state index in [-0.39, 0.29) is 6.10 Å². The number of thioether (sulfide) groups is 2. The molecule has 0 spiro atoms. The fourth-order valence-electron chi connectivity index (χ4n) is 2.30. The number of esters is 1. The zero-order valence-electron chi connectivity index (χ0n) is 13.0. The Morgan fingerprint density at radius 1 is 1.33 bits per heavy atom. The summed E-state index contributed by atoms with van der Waals surface area (Å²) in [5.74, 6) is 1.83. The molecule has 7 heteroatoms. The molecule has 0 unspecified atom stereocenters. The van der Waals surface area contributed by atoms with Gasteiger partial charge >= 0.3 is 5.97 Å². The summed E-state index contributed by atoms with van der Waals surface area (Å²) in [5, 5.41) is 2.41.